The molecule has 2 unspecified atom stereocenters. The molecule has 0 aliphatic carbocycles. The minimum Gasteiger partial charge on any atom is -0.491 e. The minimum atomic E-state index is -0.370. The van der Waals surface area contributed by atoms with Gasteiger partial charge in [-0.25, -0.2) is 4.98 Å². The normalized spacial score (nSPS) is 15.5. The van der Waals surface area contributed by atoms with Crippen LogP contribution in [0.3, 0.4) is 0 Å². The summed E-state index contributed by atoms with van der Waals surface area (Å²) in [7, 11) is 0. The molecule has 6 heteroatoms. The van der Waals surface area contributed by atoms with Crippen LogP contribution in [0.15, 0.2) is 48.7 Å². The number of amides is 1. The number of carbonyl (C=O) groups excluding carboxylic acids is 1. The molecular weight excluding hydrogens is 381 g/mol. The van der Waals surface area contributed by atoms with Crippen LogP contribution in [-0.2, 0) is 11.3 Å². The zero-order chi connectivity index (χ0) is 21.7. The van der Waals surface area contributed by atoms with E-state index in [0.717, 1.165) is 28.0 Å². The van der Waals surface area contributed by atoms with E-state index in [9.17, 15) is 9.18 Å². The maximum atomic E-state index is 13.3. The molecule has 0 spiro atoms. The molecule has 0 bridgehead atoms. The fraction of sp³-hybridized carbons (Fsp3) is 0.417. The Morgan fingerprint density at radius 3 is 2.73 bits per heavy atom. The summed E-state index contributed by atoms with van der Waals surface area (Å²) in [5.41, 5.74) is 9.40. The van der Waals surface area contributed by atoms with Crippen molar-refractivity contribution < 1.29 is 13.9 Å². The largest absolute Gasteiger partial charge is 0.491 e. The van der Waals surface area contributed by atoms with Crippen LogP contribution in [0.4, 0.5) is 10.2 Å². The highest BCUT2D eigenvalue weighted by molar-refractivity contribution is 5.81. The molecular formula is C24H30FN3O2. The second-order valence-corrected chi connectivity index (χ2v) is 8.14. The van der Waals surface area contributed by atoms with Crippen molar-refractivity contribution in [3.05, 3.63) is 54.2 Å². The van der Waals surface area contributed by atoms with Crippen molar-refractivity contribution in [1.82, 2.24) is 9.88 Å². The zero-order valence-corrected chi connectivity index (χ0v) is 17.7. The molecule has 2 aromatic rings. The summed E-state index contributed by atoms with van der Waals surface area (Å²) >= 11 is 0. The third-order valence-electron chi connectivity index (χ3n) is 5.58. The van der Waals surface area contributed by atoms with Crippen LogP contribution in [0.2, 0.25) is 0 Å². The van der Waals surface area contributed by atoms with E-state index in [1.165, 1.54) is 0 Å². The number of aromatic nitrogens is 1. The summed E-state index contributed by atoms with van der Waals surface area (Å²) in [5.74, 6) is 0.940. The van der Waals surface area contributed by atoms with Crippen LogP contribution >= 0.6 is 0 Å². The molecule has 5 nitrogen and oxygen atoms in total. The van der Waals surface area contributed by atoms with Crippen molar-refractivity contribution in [3.63, 3.8) is 0 Å². The van der Waals surface area contributed by atoms with E-state index in [0.29, 0.717) is 38.4 Å². The predicted molar refractivity (Wildman–Crippen MR) is 118 cm³/mol. The zero-order valence-electron chi connectivity index (χ0n) is 17.7. The van der Waals surface area contributed by atoms with E-state index in [1.54, 1.807) is 12.3 Å². The number of rotatable bonds is 7. The van der Waals surface area contributed by atoms with Gasteiger partial charge in [0, 0.05) is 23.9 Å². The van der Waals surface area contributed by atoms with Gasteiger partial charge in [-0.15, -0.1) is 0 Å². The van der Waals surface area contributed by atoms with Gasteiger partial charge in [-0.05, 0) is 55.5 Å². The lowest BCUT2D eigenvalue weighted by Crippen LogP contribution is -2.37. The lowest BCUT2D eigenvalue weighted by atomic mass is 9.91. The summed E-state index contributed by atoms with van der Waals surface area (Å²) in [6.07, 6.45) is 3.01. The summed E-state index contributed by atoms with van der Waals surface area (Å²) in [6, 6.07) is 9.65. The monoisotopic (exact) mass is 411 g/mol. The second kappa shape index (κ2) is 9.74. The molecule has 3 rings (SSSR count). The highest BCUT2D eigenvalue weighted by atomic mass is 19.1. The first-order chi connectivity index (χ1) is 14.4. The fourth-order valence-corrected chi connectivity index (χ4v) is 3.67. The molecule has 2 N–H and O–H groups in total. The van der Waals surface area contributed by atoms with Crippen LogP contribution in [-0.4, -0.2) is 35.6 Å². The molecule has 0 fully saturated rings. The number of benzene rings is 1. The molecule has 0 radical (unpaired) electrons. The van der Waals surface area contributed by atoms with E-state index in [-0.39, 0.29) is 24.4 Å². The van der Waals surface area contributed by atoms with Gasteiger partial charge in [0.15, 0.2) is 0 Å². The fourth-order valence-electron chi connectivity index (χ4n) is 3.67. The van der Waals surface area contributed by atoms with Crippen molar-refractivity contribution >= 4 is 11.7 Å². The van der Waals surface area contributed by atoms with Gasteiger partial charge < -0.3 is 15.4 Å². The molecule has 1 aromatic heterocycles. The van der Waals surface area contributed by atoms with Gasteiger partial charge >= 0.3 is 0 Å². The summed E-state index contributed by atoms with van der Waals surface area (Å²) in [6.45, 7) is 8.79. The predicted octanol–water partition coefficient (Wildman–Crippen LogP) is 4.63. The Morgan fingerprint density at radius 2 is 2.07 bits per heavy atom. The highest BCUT2D eigenvalue weighted by Gasteiger charge is 2.27. The molecule has 2 atom stereocenters. The SMILES string of the molecule is C=C(C)C(CCC(C)CF)C(=O)N1CCOc2ccc(-c3ccc(N)nc3)cc2C1. The van der Waals surface area contributed by atoms with Crippen molar-refractivity contribution in [2.75, 3.05) is 25.6 Å². The van der Waals surface area contributed by atoms with E-state index < -0.39 is 0 Å². The van der Waals surface area contributed by atoms with Crippen molar-refractivity contribution in [2.24, 2.45) is 11.8 Å². The molecule has 1 aromatic carbocycles. The summed E-state index contributed by atoms with van der Waals surface area (Å²) in [4.78, 5) is 19.3. The molecule has 0 saturated carbocycles. The quantitative estimate of drug-likeness (QED) is 0.675. The van der Waals surface area contributed by atoms with E-state index in [1.807, 2.05) is 43.0 Å². The molecule has 1 aliphatic rings. The van der Waals surface area contributed by atoms with Crippen LogP contribution in [0.25, 0.3) is 11.1 Å². The maximum Gasteiger partial charge on any atom is 0.230 e. The first kappa shape index (κ1) is 21.8. The molecule has 30 heavy (non-hydrogen) atoms. The second-order valence-electron chi connectivity index (χ2n) is 8.14. The average Bonchev–Trinajstić information content (AvgIpc) is 2.95. The number of nitrogen functional groups attached to an aromatic ring is 1. The van der Waals surface area contributed by atoms with Gasteiger partial charge in [0.1, 0.15) is 18.2 Å². The molecule has 2 heterocycles. The number of fused-ring (bicyclic) bond motifs is 1. The van der Waals surface area contributed by atoms with Gasteiger partial charge in [-0.2, -0.15) is 0 Å². The number of hydrogen-bond donors (Lipinski definition) is 1. The lowest BCUT2D eigenvalue weighted by Gasteiger charge is -2.26. The highest BCUT2D eigenvalue weighted by Crippen LogP contribution is 2.31. The number of ether oxygens (including phenoxy) is 1. The smallest absolute Gasteiger partial charge is 0.230 e. The molecule has 1 aliphatic heterocycles. The van der Waals surface area contributed by atoms with Crippen molar-refractivity contribution in [2.45, 2.75) is 33.2 Å². The third kappa shape index (κ3) is 5.17. The van der Waals surface area contributed by atoms with E-state index in [4.69, 9.17) is 10.5 Å². The van der Waals surface area contributed by atoms with Crippen LogP contribution in [0.5, 0.6) is 5.75 Å². The van der Waals surface area contributed by atoms with Gasteiger partial charge in [0.25, 0.3) is 0 Å². The minimum absolute atomic E-state index is 0.0320. The van der Waals surface area contributed by atoms with Crippen molar-refractivity contribution in [3.8, 4) is 16.9 Å². The molecule has 0 saturated heterocycles. The Hall–Kier alpha value is -2.89. The number of halogens is 1. The van der Waals surface area contributed by atoms with Gasteiger partial charge in [0.2, 0.25) is 5.91 Å². The summed E-state index contributed by atoms with van der Waals surface area (Å²) < 4.78 is 18.8. The first-order valence-electron chi connectivity index (χ1n) is 10.4. The Balaban J connectivity index is 1.80. The van der Waals surface area contributed by atoms with Gasteiger partial charge in [-0.3, -0.25) is 9.18 Å². The average molecular weight is 412 g/mol. The number of anilines is 1. The Kier molecular flexibility index (Phi) is 7.08. The third-order valence-corrected chi connectivity index (χ3v) is 5.58. The van der Waals surface area contributed by atoms with Crippen LogP contribution < -0.4 is 10.5 Å². The Bertz CT molecular complexity index is 898. The molecule has 1 amide bonds. The first-order valence-corrected chi connectivity index (χ1v) is 10.4. The molecule has 160 valence electrons. The number of pyridine rings is 1. The van der Waals surface area contributed by atoms with Crippen molar-refractivity contribution in [1.29, 1.82) is 0 Å². The maximum absolute atomic E-state index is 13.3. The Labute approximate surface area is 177 Å². The van der Waals surface area contributed by atoms with Gasteiger partial charge in [-0.1, -0.05) is 25.1 Å². The van der Waals surface area contributed by atoms with E-state index in [2.05, 4.69) is 11.6 Å². The standard InChI is InChI=1S/C24H30FN3O2/c1-16(2)21(7-4-17(3)13-25)24(29)28-10-11-30-22-8-5-18(12-20(22)15-28)19-6-9-23(26)27-14-19/h5-6,8-9,12,14,17,21H,1,4,7,10-11,13,15H2,2-3H3,(H2,26,27). The Morgan fingerprint density at radius 1 is 1.30 bits per heavy atom. The lowest BCUT2D eigenvalue weighted by molar-refractivity contribution is -0.135. The number of nitrogens with two attached hydrogens (primary N) is 1. The number of nitrogens with zero attached hydrogens (tertiary/aromatic N) is 2. The van der Waals surface area contributed by atoms with Crippen LogP contribution in [0, 0.1) is 11.8 Å². The number of hydrogen-bond acceptors (Lipinski definition) is 4. The topological polar surface area (TPSA) is 68.5 Å². The van der Waals surface area contributed by atoms with Gasteiger partial charge in [0.05, 0.1) is 19.1 Å². The number of carbonyl (C=O) groups is 1. The van der Waals surface area contributed by atoms with E-state index >= 15 is 0 Å². The number of alkyl halides is 1. The van der Waals surface area contributed by atoms with Crippen LogP contribution in [0.1, 0.15) is 32.3 Å². The summed E-state index contributed by atoms with van der Waals surface area (Å²) in [5, 5.41) is 0.